The average molecular weight is 278 g/mol. The zero-order valence-electron chi connectivity index (χ0n) is 11.3. The third-order valence-electron chi connectivity index (χ3n) is 4.12. The Morgan fingerprint density at radius 2 is 2.10 bits per heavy atom. The lowest BCUT2D eigenvalue weighted by atomic mass is 9.79. The van der Waals surface area contributed by atoms with Gasteiger partial charge in [0, 0.05) is 13.0 Å². The van der Waals surface area contributed by atoms with E-state index in [9.17, 15) is 9.59 Å². The Kier molecular flexibility index (Phi) is 3.42. The van der Waals surface area contributed by atoms with Crippen LogP contribution in [0.1, 0.15) is 38.0 Å². The molecule has 2 fully saturated rings. The van der Waals surface area contributed by atoms with Gasteiger partial charge in [-0.1, -0.05) is 24.4 Å². The molecule has 1 N–H and O–H groups in total. The zero-order valence-corrected chi connectivity index (χ0v) is 11.3. The Bertz CT molecular complexity index is 494. The number of hydrogen-bond donors (Lipinski definition) is 1. The van der Waals surface area contributed by atoms with E-state index < -0.39 is 5.54 Å². The van der Waals surface area contributed by atoms with Gasteiger partial charge in [-0.2, -0.15) is 4.98 Å². The van der Waals surface area contributed by atoms with E-state index in [-0.39, 0.29) is 18.4 Å². The average Bonchev–Trinajstić information content (AvgIpc) is 2.95. The standard InChI is InChI=1S/C13H18N4O3/c18-10-8-17(7-4-11-14-9-15-20-11)12(19)13(16-10)5-2-1-3-6-13/h9H,1-8H2,(H,16,18). The maximum atomic E-state index is 12.7. The van der Waals surface area contributed by atoms with Crippen molar-refractivity contribution < 1.29 is 14.1 Å². The van der Waals surface area contributed by atoms with Crippen LogP contribution >= 0.6 is 0 Å². The van der Waals surface area contributed by atoms with Crippen LogP contribution in [0.3, 0.4) is 0 Å². The van der Waals surface area contributed by atoms with Gasteiger partial charge < -0.3 is 14.7 Å². The van der Waals surface area contributed by atoms with Crippen LogP contribution in [0, 0.1) is 0 Å². The van der Waals surface area contributed by atoms with Crippen molar-refractivity contribution in [1.82, 2.24) is 20.4 Å². The molecule has 1 aromatic heterocycles. The Hall–Kier alpha value is -1.92. The maximum absolute atomic E-state index is 12.7. The zero-order chi connectivity index (χ0) is 14.0. The van der Waals surface area contributed by atoms with Gasteiger partial charge in [0.15, 0.2) is 6.33 Å². The molecule has 1 aromatic rings. The number of aromatic nitrogens is 2. The van der Waals surface area contributed by atoms with Gasteiger partial charge in [-0.15, -0.1) is 0 Å². The summed E-state index contributed by atoms with van der Waals surface area (Å²) in [5.74, 6) is 0.454. The number of amides is 2. The van der Waals surface area contributed by atoms with Crippen LogP contribution in [0.5, 0.6) is 0 Å². The van der Waals surface area contributed by atoms with E-state index in [2.05, 4.69) is 15.5 Å². The molecule has 0 aromatic carbocycles. The van der Waals surface area contributed by atoms with Crippen LogP contribution < -0.4 is 5.32 Å². The van der Waals surface area contributed by atoms with Crippen molar-refractivity contribution in [2.75, 3.05) is 13.1 Å². The third kappa shape index (κ3) is 2.39. The lowest BCUT2D eigenvalue weighted by Crippen LogP contribution is -2.67. The first kappa shape index (κ1) is 13.1. The van der Waals surface area contributed by atoms with E-state index in [1.165, 1.54) is 6.33 Å². The quantitative estimate of drug-likeness (QED) is 0.857. The highest BCUT2D eigenvalue weighted by molar-refractivity contribution is 5.98. The largest absolute Gasteiger partial charge is 0.340 e. The van der Waals surface area contributed by atoms with Gasteiger partial charge in [0.25, 0.3) is 0 Å². The van der Waals surface area contributed by atoms with E-state index in [1.54, 1.807) is 4.90 Å². The fraction of sp³-hybridized carbons (Fsp3) is 0.692. The normalized spacial score (nSPS) is 22.1. The molecule has 20 heavy (non-hydrogen) atoms. The summed E-state index contributed by atoms with van der Waals surface area (Å²) in [6, 6.07) is 0. The van der Waals surface area contributed by atoms with Crippen molar-refractivity contribution in [1.29, 1.82) is 0 Å². The smallest absolute Gasteiger partial charge is 0.248 e. The van der Waals surface area contributed by atoms with E-state index in [0.29, 0.717) is 18.9 Å². The molecule has 1 aliphatic carbocycles. The highest BCUT2D eigenvalue weighted by atomic mass is 16.5. The van der Waals surface area contributed by atoms with E-state index in [0.717, 1.165) is 32.1 Å². The molecule has 2 aliphatic rings. The molecule has 1 saturated heterocycles. The predicted octanol–water partition coefficient (Wildman–Crippen LogP) is 0.273. The van der Waals surface area contributed by atoms with Gasteiger partial charge in [0.05, 0.1) is 6.54 Å². The van der Waals surface area contributed by atoms with Crippen molar-refractivity contribution in [3.63, 3.8) is 0 Å². The second-order valence-electron chi connectivity index (χ2n) is 5.50. The van der Waals surface area contributed by atoms with Gasteiger partial charge in [0.2, 0.25) is 17.7 Å². The van der Waals surface area contributed by atoms with Crippen LogP contribution in [0.15, 0.2) is 10.9 Å². The van der Waals surface area contributed by atoms with Crippen molar-refractivity contribution >= 4 is 11.8 Å². The molecule has 0 unspecified atom stereocenters. The molecule has 0 bridgehead atoms. The van der Waals surface area contributed by atoms with Crippen molar-refractivity contribution in [2.45, 2.75) is 44.1 Å². The first-order valence-electron chi connectivity index (χ1n) is 7.06. The van der Waals surface area contributed by atoms with E-state index in [4.69, 9.17) is 4.52 Å². The summed E-state index contributed by atoms with van der Waals surface area (Å²) in [6.45, 7) is 0.560. The van der Waals surface area contributed by atoms with E-state index in [1.807, 2.05) is 0 Å². The first-order chi connectivity index (χ1) is 9.70. The molecule has 0 radical (unpaired) electrons. The molecule has 2 amide bonds. The molecule has 7 heteroatoms. The number of piperazine rings is 1. The van der Waals surface area contributed by atoms with Crippen molar-refractivity contribution in [3.05, 3.63) is 12.2 Å². The van der Waals surface area contributed by atoms with Gasteiger partial charge >= 0.3 is 0 Å². The molecule has 2 heterocycles. The third-order valence-corrected chi connectivity index (χ3v) is 4.12. The topological polar surface area (TPSA) is 88.3 Å². The summed E-state index contributed by atoms with van der Waals surface area (Å²) in [7, 11) is 0. The Morgan fingerprint density at radius 1 is 1.30 bits per heavy atom. The summed E-state index contributed by atoms with van der Waals surface area (Å²) < 4.78 is 4.92. The number of rotatable bonds is 3. The number of hydrogen-bond acceptors (Lipinski definition) is 5. The summed E-state index contributed by atoms with van der Waals surface area (Å²) in [6.07, 6.45) is 6.42. The minimum atomic E-state index is -0.664. The van der Waals surface area contributed by atoms with Gasteiger partial charge in [0.1, 0.15) is 5.54 Å². The summed E-state index contributed by atoms with van der Waals surface area (Å²) in [5.41, 5.74) is -0.664. The second kappa shape index (κ2) is 5.22. The molecular weight excluding hydrogens is 260 g/mol. The number of nitrogens with one attached hydrogen (secondary N) is 1. The fourth-order valence-electron chi connectivity index (χ4n) is 3.12. The highest BCUT2D eigenvalue weighted by Gasteiger charge is 2.46. The highest BCUT2D eigenvalue weighted by Crippen LogP contribution is 2.31. The number of nitrogens with zero attached hydrogens (tertiary/aromatic N) is 3. The van der Waals surface area contributed by atoms with Crippen LogP contribution in [-0.4, -0.2) is 45.5 Å². The summed E-state index contributed by atoms with van der Waals surface area (Å²) in [4.78, 5) is 30.1. The van der Waals surface area contributed by atoms with Crippen LogP contribution in [0.4, 0.5) is 0 Å². The molecule has 0 atom stereocenters. The predicted molar refractivity (Wildman–Crippen MR) is 68.5 cm³/mol. The van der Waals surface area contributed by atoms with E-state index >= 15 is 0 Å². The number of carbonyl (C=O) groups excluding carboxylic acids is 2. The lowest BCUT2D eigenvalue weighted by Gasteiger charge is -2.44. The number of carbonyl (C=O) groups is 2. The van der Waals surface area contributed by atoms with Gasteiger partial charge in [-0.05, 0) is 12.8 Å². The SMILES string of the molecule is O=C1CN(CCc2ncno2)C(=O)C2(CCCCC2)N1. The Labute approximate surface area is 116 Å². The minimum Gasteiger partial charge on any atom is -0.340 e. The molecule has 1 saturated carbocycles. The van der Waals surface area contributed by atoms with Crippen LogP contribution in [-0.2, 0) is 16.0 Å². The fourth-order valence-corrected chi connectivity index (χ4v) is 3.12. The molecule has 7 nitrogen and oxygen atoms in total. The Morgan fingerprint density at radius 3 is 2.80 bits per heavy atom. The summed E-state index contributed by atoms with van der Waals surface area (Å²) >= 11 is 0. The monoisotopic (exact) mass is 278 g/mol. The minimum absolute atomic E-state index is 0.0383. The Balaban J connectivity index is 1.70. The van der Waals surface area contributed by atoms with Crippen molar-refractivity contribution in [3.8, 4) is 0 Å². The molecule has 1 aliphatic heterocycles. The molecule has 3 rings (SSSR count). The molecular formula is C13H18N4O3. The van der Waals surface area contributed by atoms with Crippen LogP contribution in [0.2, 0.25) is 0 Å². The van der Waals surface area contributed by atoms with Gasteiger partial charge in [-0.3, -0.25) is 9.59 Å². The van der Waals surface area contributed by atoms with Crippen molar-refractivity contribution in [2.24, 2.45) is 0 Å². The second-order valence-corrected chi connectivity index (χ2v) is 5.50. The lowest BCUT2D eigenvalue weighted by molar-refractivity contribution is -0.151. The summed E-state index contributed by atoms with van der Waals surface area (Å²) in [5, 5.41) is 6.46. The van der Waals surface area contributed by atoms with Crippen LogP contribution in [0.25, 0.3) is 0 Å². The maximum Gasteiger partial charge on any atom is 0.248 e. The molecule has 108 valence electrons. The molecule has 1 spiro atoms. The van der Waals surface area contributed by atoms with Gasteiger partial charge in [-0.25, -0.2) is 0 Å². The first-order valence-corrected chi connectivity index (χ1v) is 7.06.